The molecule has 1 atom stereocenters. The number of oxazole rings is 1. The van der Waals surface area contributed by atoms with E-state index in [9.17, 15) is 19.2 Å². The Labute approximate surface area is 159 Å². The van der Waals surface area contributed by atoms with Crippen LogP contribution in [-0.2, 0) is 9.59 Å². The number of benzene rings is 1. The number of carbonyl (C=O) groups excluding carboxylic acids is 4. The van der Waals surface area contributed by atoms with Crippen molar-refractivity contribution in [1.29, 1.82) is 0 Å². The molecule has 0 spiro atoms. The Kier molecular flexibility index (Phi) is 3.80. The van der Waals surface area contributed by atoms with E-state index in [1.807, 2.05) is 0 Å². The van der Waals surface area contributed by atoms with Crippen molar-refractivity contribution in [1.82, 2.24) is 20.5 Å². The van der Waals surface area contributed by atoms with Crippen molar-refractivity contribution in [2.75, 3.05) is 13.1 Å². The van der Waals surface area contributed by atoms with Gasteiger partial charge in [0.1, 0.15) is 11.6 Å². The van der Waals surface area contributed by atoms with E-state index in [4.69, 9.17) is 4.42 Å². The number of piperidine rings is 2. The first-order chi connectivity index (χ1) is 13.5. The zero-order valence-corrected chi connectivity index (χ0v) is 15.0. The second-order valence-corrected chi connectivity index (χ2v) is 7.39. The summed E-state index contributed by atoms with van der Waals surface area (Å²) in [5, 5.41) is 5.48. The van der Waals surface area contributed by atoms with Gasteiger partial charge in [0.25, 0.3) is 11.8 Å². The predicted octanol–water partition coefficient (Wildman–Crippen LogP) is 0.696. The highest BCUT2D eigenvalue weighted by Crippen LogP contribution is 2.33. The van der Waals surface area contributed by atoms with Gasteiger partial charge in [0, 0.05) is 12.3 Å². The zero-order chi connectivity index (χ0) is 19.4. The molecule has 9 nitrogen and oxygen atoms in total. The zero-order valence-electron chi connectivity index (χ0n) is 15.0. The summed E-state index contributed by atoms with van der Waals surface area (Å²) < 4.78 is 5.89. The molecular formula is C19H18N4O5. The third-order valence-corrected chi connectivity index (χ3v) is 5.65. The Hall–Kier alpha value is -3.07. The minimum atomic E-state index is -0.977. The molecule has 0 aliphatic carbocycles. The highest BCUT2D eigenvalue weighted by Gasteiger charge is 2.45. The Balaban J connectivity index is 1.49. The Bertz CT molecular complexity index is 983. The highest BCUT2D eigenvalue weighted by atomic mass is 16.3. The number of rotatable bonds is 2. The minimum absolute atomic E-state index is 0.0906. The Morgan fingerprint density at radius 2 is 1.71 bits per heavy atom. The quantitative estimate of drug-likeness (QED) is 0.733. The molecule has 3 aliphatic rings. The van der Waals surface area contributed by atoms with Crippen molar-refractivity contribution in [2.45, 2.75) is 37.6 Å². The maximum atomic E-state index is 12.9. The SMILES string of the molecule is O=C1CCC(N2C(=O)c3cc4nc(C5CCNCC5)oc4cc3C2=O)C(=O)N1. The summed E-state index contributed by atoms with van der Waals surface area (Å²) >= 11 is 0. The van der Waals surface area contributed by atoms with Crippen LogP contribution in [0.1, 0.15) is 58.2 Å². The lowest BCUT2D eigenvalue weighted by Gasteiger charge is -2.27. The van der Waals surface area contributed by atoms with E-state index >= 15 is 0 Å². The number of aromatic nitrogens is 1. The van der Waals surface area contributed by atoms with Gasteiger partial charge in [-0.05, 0) is 44.5 Å². The lowest BCUT2D eigenvalue weighted by atomic mass is 9.98. The summed E-state index contributed by atoms with van der Waals surface area (Å²) in [6.45, 7) is 1.80. The maximum Gasteiger partial charge on any atom is 0.262 e. The van der Waals surface area contributed by atoms with E-state index in [-0.39, 0.29) is 29.9 Å². The molecule has 4 heterocycles. The molecule has 144 valence electrons. The van der Waals surface area contributed by atoms with Gasteiger partial charge >= 0.3 is 0 Å². The fraction of sp³-hybridized carbons (Fsp3) is 0.421. The second-order valence-electron chi connectivity index (χ2n) is 7.39. The van der Waals surface area contributed by atoms with Gasteiger partial charge in [-0.25, -0.2) is 4.98 Å². The summed E-state index contributed by atoms with van der Waals surface area (Å²) in [5.41, 5.74) is 1.40. The van der Waals surface area contributed by atoms with Gasteiger partial charge < -0.3 is 9.73 Å². The fourth-order valence-electron chi connectivity index (χ4n) is 4.15. The van der Waals surface area contributed by atoms with Gasteiger partial charge in [-0.1, -0.05) is 0 Å². The molecule has 2 aromatic rings. The highest BCUT2D eigenvalue weighted by molar-refractivity contribution is 6.24. The molecule has 5 rings (SSSR count). The minimum Gasteiger partial charge on any atom is -0.440 e. The first kappa shape index (κ1) is 17.1. The smallest absolute Gasteiger partial charge is 0.262 e. The third-order valence-electron chi connectivity index (χ3n) is 5.65. The van der Waals surface area contributed by atoms with Crippen LogP contribution in [0.25, 0.3) is 11.1 Å². The molecule has 1 aromatic heterocycles. The summed E-state index contributed by atoms with van der Waals surface area (Å²) in [5.74, 6) is -1.26. The first-order valence-electron chi connectivity index (χ1n) is 9.39. The number of amides is 4. The standard InChI is InChI=1S/C19H18N4O5/c24-15-2-1-13(16(25)22-15)23-18(26)10-7-12-14(8-11(10)19(23)27)28-17(21-12)9-3-5-20-6-4-9/h7-9,13,20H,1-6H2,(H,22,24,25). The molecule has 28 heavy (non-hydrogen) atoms. The van der Waals surface area contributed by atoms with Crippen molar-refractivity contribution >= 4 is 34.7 Å². The van der Waals surface area contributed by atoms with Crippen LogP contribution in [0, 0.1) is 0 Å². The molecule has 4 amide bonds. The molecule has 0 radical (unpaired) electrons. The second kappa shape index (κ2) is 6.23. The lowest BCUT2D eigenvalue weighted by molar-refractivity contribution is -0.136. The molecule has 1 aromatic carbocycles. The normalized spacial score (nSPS) is 23.4. The van der Waals surface area contributed by atoms with Crippen molar-refractivity contribution in [2.24, 2.45) is 0 Å². The molecule has 2 saturated heterocycles. The largest absolute Gasteiger partial charge is 0.440 e. The predicted molar refractivity (Wildman–Crippen MR) is 95.5 cm³/mol. The van der Waals surface area contributed by atoms with Gasteiger partial charge in [-0.3, -0.25) is 29.4 Å². The van der Waals surface area contributed by atoms with Gasteiger partial charge in [-0.15, -0.1) is 0 Å². The van der Waals surface area contributed by atoms with Crippen LogP contribution in [0.5, 0.6) is 0 Å². The van der Waals surface area contributed by atoms with Crippen molar-refractivity contribution in [3.05, 3.63) is 29.2 Å². The number of carbonyl (C=O) groups is 4. The molecule has 9 heteroatoms. The molecule has 3 aliphatic heterocycles. The summed E-state index contributed by atoms with van der Waals surface area (Å²) in [7, 11) is 0. The third kappa shape index (κ3) is 2.54. The average molecular weight is 382 g/mol. The number of hydrogen-bond donors (Lipinski definition) is 2. The topological polar surface area (TPSA) is 122 Å². The fourth-order valence-corrected chi connectivity index (χ4v) is 4.15. The number of fused-ring (bicyclic) bond motifs is 2. The van der Waals surface area contributed by atoms with Gasteiger partial charge in [0.15, 0.2) is 11.5 Å². The monoisotopic (exact) mass is 382 g/mol. The number of hydrogen-bond acceptors (Lipinski definition) is 7. The van der Waals surface area contributed by atoms with Crippen LogP contribution in [0.2, 0.25) is 0 Å². The van der Waals surface area contributed by atoms with E-state index in [1.165, 1.54) is 6.07 Å². The molecule has 2 fully saturated rings. The molecule has 1 unspecified atom stereocenters. The molecular weight excluding hydrogens is 364 g/mol. The van der Waals surface area contributed by atoms with Crippen LogP contribution in [0.15, 0.2) is 16.5 Å². The number of imide groups is 2. The van der Waals surface area contributed by atoms with E-state index in [2.05, 4.69) is 15.6 Å². The van der Waals surface area contributed by atoms with Crippen LogP contribution in [0.3, 0.4) is 0 Å². The number of nitrogens with one attached hydrogen (secondary N) is 2. The summed E-state index contributed by atoms with van der Waals surface area (Å²) in [6, 6.07) is 2.12. The molecule has 0 saturated carbocycles. The Morgan fingerprint density at radius 1 is 1.00 bits per heavy atom. The van der Waals surface area contributed by atoms with Crippen molar-refractivity contribution in [3.8, 4) is 0 Å². The van der Waals surface area contributed by atoms with Gasteiger partial charge in [0.05, 0.1) is 11.1 Å². The van der Waals surface area contributed by atoms with E-state index in [0.29, 0.717) is 17.0 Å². The van der Waals surface area contributed by atoms with E-state index < -0.39 is 29.7 Å². The summed E-state index contributed by atoms with van der Waals surface area (Å²) in [4.78, 5) is 54.7. The van der Waals surface area contributed by atoms with Crippen molar-refractivity contribution in [3.63, 3.8) is 0 Å². The maximum absolute atomic E-state index is 12.9. The lowest BCUT2D eigenvalue weighted by Crippen LogP contribution is -2.54. The molecule has 2 N–H and O–H groups in total. The molecule has 0 bridgehead atoms. The van der Waals surface area contributed by atoms with E-state index in [0.717, 1.165) is 30.8 Å². The summed E-state index contributed by atoms with van der Waals surface area (Å²) in [6.07, 6.45) is 2.07. The van der Waals surface area contributed by atoms with E-state index in [1.54, 1.807) is 6.07 Å². The van der Waals surface area contributed by atoms with Crippen LogP contribution < -0.4 is 10.6 Å². The first-order valence-corrected chi connectivity index (χ1v) is 9.39. The van der Waals surface area contributed by atoms with Crippen LogP contribution >= 0.6 is 0 Å². The van der Waals surface area contributed by atoms with Crippen LogP contribution in [-0.4, -0.2) is 52.6 Å². The average Bonchev–Trinajstić information content (AvgIpc) is 3.21. The number of nitrogens with zero attached hydrogens (tertiary/aromatic N) is 2. The van der Waals surface area contributed by atoms with Crippen LogP contribution in [0.4, 0.5) is 0 Å². The Morgan fingerprint density at radius 3 is 2.43 bits per heavy atom. The van der Waals surface area contributed by atoms with Gasteiger partial charge in [-0.2, -0.15) is 0 Å². The van der Waals surface area contributed by atoms with Gasteiger partial charge in [0.2, 0.25) is 11.8 Å². The van der Waals surface area contributed by atoms with Crippen molar-refractivity contribution < 1.29 is 23.6 Å².